The van der Waals surface area contributed by atoms with Crippen LogP contribution >= 0.6 is 35.3 Å². The van der Waals surface area contributed by atoms with Crippen molar-refractivity contribution in [2.45, 2.75) is 32.7 Å². The summed E-state index contributed by atoms with van der Waals surface area (Å²) >= 11 is 5.51. The molecule has 0 N–H and O–H groups in total. The Hall–Kier alpha value is -15.2. The highest BCUT2D eigenvalue weighted by Crippen LogP contribution is 2.69. The monoisotopic (exact) mass is 1680 g/mol. The van der Waals surface area contributed by atoms with E-state index in [2.05, 4.69) is 384 Å². The number of hydrogen-bond donors (Lipinski definition) is 0. The van der Waals surface area contributed by atoms with Crippen LogP contribution in [0.4, 0.5) is 17.1 Å². The smallest absolute Gasteiger partial charge is 0.374 e. The molecule has 3 spiro atoms. The summed E-state index contributed by atoms with van der Waals surface area (Å²) in [6, 6.07) is 129. The fraction of sp³-hybridized carbons (Fsp3) is 0.0556. The number of fused-ring (bicyclic) bond motifs is 16. The van der Waals surface area contributed by atoms with Crippen LogP contribution in [0.25, 0.3) is 88.6 Å². The van der Waals surface area contributed by atoms with Crippen molar-refractivity contribution in [2.24, 2.45) is 15.3 Å². The van der Waals surface area contributed by atoms with Crippen molar-refractivity contribution in [3.05, 3.63) is 433 Å². The molecule has 6 unspecified atom stereocenters. The van der Waals surface area contributed by atoms with Gasteiger partial charge in [0, 0.05) is 45.0 Å². The van der Waals surface area contributed by atoms with Crippen molar-refractivity contribution >= 4 is 111 Å². The van der Waals surface area contributed by atoms with Crippen LogP contribution in [0.15, 0.2) is 398 Å². The Labute approximate surface area is 734 Å². The third-order valence-corrected chi connectivity index (χ3v) is 31.2. The molecule has 17 heterocycles. The number of para-hydroxylation sites is 2. The van der Waals surface area contributed by atoms with Gasteiger partial charge in [-0.2, -0.15) is 24.4 Å². The largest absolute Gasteiger partial charge is 0.456 e. The first-order chi connectivity index (χ1) is 62.5. The minimum absolute atomic E-state index is 0.0337. The molecule has 592 valence electrons. The molecule has 0 amide bonds. The Kier molecular flexibility index (Phi) is 14.0. The van der Waals surface area contributed by atoms with E-state index in [0.29, 0.717) is 0 Å². The van der Waals surface area contributed by atoms with E-state index in [0.717, 1.165) is 112 Å². The number of benzene rings is 14. The minimum atomic E-state index is -0.551. The van der Waals surface area contributed by atoms with Gasteiger partial charge in [-0.05, 0) is 155 Å². The van der Waals surface area contributed by atoms with Crippen molar-refractivity contribution in [3.8, 4) is 91.0 Å². The van der Waals surface area contributed by atoms with E-state index in [1.165, 1.54) is 105 Å². The summed E-state index contributed by atoms with van der Waals surface area (Å²) in [6.45, 7) is 0. The van der Waals surface area contributed by atoms with Crippen molar-refractivity contribution in [1.29, 1.82) is 0 Å². The molecule has 0 bridgehead atoms. The zero-order valence-electron chi connectivity index (χ0n) is 66.9. The Morgan fingerprint density at radius 2 is 0.603 bits per heavy atom. The third kappa shape index (κ3) is 8.95. The summed E-state index contributed by atoms with van der Waals surface area (Å²) in [6.07, 6.45) is 6.63. The van der Waals surface area contributed by atoms with Gasteiger partial charge in [-0.25, -0.2) is 24.2 Å². The predicted octanol–water partition coefficient (Wildman–Crippen LogP) is 23.3. The first kappa shape index (κ1) is 69.3. The van der Waals surface area contributed by atoms with E-state index >= 15 is 0 Å². The number of pyridine rings is 3. The lowest BCUT2D eigenvalue weighted by Gasteiger charge is -2.40. The van der Waals surface area contributed by atoms with Crippen molar-refractivity contribution < 1.29 is 32.6 Å². The Morgan fingerprint density at radius 1 is 0.246 bits per heavy atom. The Bertz CT molecular complexity index is 7980. The second-order valence-electron chi connectivity index (χ2n) is 33.4. The van der Waals surface area contributed by atoms with Gasteiger partial charge in [0.05, 0.1) is 68.7 Å². The second kappa shape index (κ2) is 25.5. The van der Waals surface area contributed by atoms with Gasteiger partial charge in [0.1, 0.15) is 77.7 Å². The first-order valence-electron chi connectivity index (χ1n) is 42.5. The quantitative estimate of drug-likeness (QED) is 0.149. The molecule has 126 heavy (non-hydrogen) atoms. The number of rotatable bonds is 6. The topological polar surface area (TPSA) is 105 Å². The van der Waals surface area contributed by atoms with Crippen LogP contribution in [0.5, 0.6) is 46.1 Å². The van der Waals surface area contributed by atoms with Crippen molar-refractivity contribution in [1.82, 2.24) is 9.13 Å². The summed E-state index contributed by atoms with van der Waals surface area (Å²) < 4.78 is 38.5. The average Bonchev–Trinajstić information content (AvgIpc) is 1.49. The van der Waals surface area contributed by atoms with Gasteiger partial charge >= 0.3 is 5.88 Å². The highest BCUT2D eigenvalue weighted by atomic mass is 32.2. The Morgan fingerprint density at radius 3 is 1.11 bits per heavy atom. The van der Waals surface area contributed by atoms with Gasteiger partial charge in [0.15, 0.2) is 27.8 Å². The van der Waals surface area contributed by atoms with Crippen LogP contribution in [0.1, 0.15) is 50.1 Å². The molecule has 0 fully saturated rings. The molecule has 6 atom stereocenters. The van der Waals surface area contributed by atoms with Crippen LogP contribution in [-0.2, 0) is 16.6 Å². The van der Waals surface area contributed by atoms with Gasteiger partial charge in [-0.3, -0.25) is 0 Å². The molecule has 0 saturated heterocycles. The van der Waals surface area contributed by atoms with E-state index in [1.807, 2.05) is 59.9 Å². The molecule has 0 saturated carbocycles. The number of ether oxygens (including phenoxy) is 4. The van der Waals surface area contributed by atoms with Crippen molar-refractivity contribution in [3.63, 3.8) is 0 Å². The van der Waals surface area contributed by atoms with Gasteiger partial charge < -0.3 is 18.9 Å². The molecule has 19 aromatic rings. The summed E-state index contributed by atoms with van der Waals surface area (Å²) in [5, 5.41) is 30.6. The van der Waals surface area contributed by atoms with Crippen LogP contribution in [-0.4, -0.2) is 40.4 Å². The lowest BCUT2D eigenvalue weighted by molar-refractivity contribution is -0.749. The summed E-state index contributed by atoms with van der Waals surface area (Å²) in [5.41, 5.74) is 25.2. The summed E-state index contributed by atoms with van der Waals surface area (Å²) in [4.78, 5) is 0. The van der Waals surface area contributed by atoms with Gasteiger partial charge in [-0.1, -0.05) is 260 Å². The highest BCUT2D eigenvalue weighted by molar-refractivity contribution is 8.16. The second-order valence-corrected chi connectivity index (χ2v) is 36.6. The van der Waals surface area contributed by atoms with Crippen molar-refractivity contribution in [2.75, 3.05) is 15.0 Å². The lowest BCUT2D eigenvalue weighted by atomic mass is 9.78. The molecule has 18 heteroatoms. The maximum absolute atomic E-state index is 6.76. The fourth-order valence-electron chi connectivity index (χ4n) is 22.4. The summed E-state index contributed by atoms with van der Waals surface area (Å²) in [5.74, 6) is 8.11. The molecule has 12 aliphatic rings. The number of hydrogen-bond acceptors (Lipinski definition) is 13. The Balaban J connectivity index is 0.0000000944. The molecule has 15 nitrogen and oxygen atoms in total. The van der Waals surface area contributed by atoms with Crippen LogP contribution in [0.3, 0.4) is 0 Å². The molecular weight excluding hydrogens is 1610 g/mol. The van der Waals surface area contributed by atoms with E-state index in [-0.39, 0.29) is 16.1 Å². The van der Waals surface area contributed by atoms with Gasteiger partial charge in [-0.15, -0.1) is 4.57 Å². The van der Waals surface area contributed by atoms with E-state index < -0.39 is 16.6 Å². The van der Waals surface area contributed by atoms with Crippen LogP contribution in [0.2, 0.25) is 0 Å². The maximum atomic E-state index is 6.76. The van der Waals surface area contributed by atoms with E-state index in [1.54, 1.807) is 11.8 Å². The molecular formula is C108H66N11O4S3+3. The van der Waals surface area contributed by atoms with Gasteiger partial charge in [0.25, 0.3) is 17.0 Å². The van der Waals surface area contributed by atoms with Crippen LogP contribution < -0.4 is 47.7 Å². The summed E-state index contributed by atoms with van der Waals surface area (Å²) in [7, 11) is 0. The maximum Gasteiger partial charge on any atom is 0.374 e. The van der Waals surface area contributed by atoms with Crippen LogP contribution in [0, 0.1) is 0 Å². The molecule has 12 aliphatic heterocycles. The molecule has 5 aromatic heterocycles. The minimum Gasteiger partial charge on any atom is -0.456 e. The number of hydrazone groups is 3. The first-order valence-corrected chi connectivity index (χ1v) is 45.1. The lowest BCUT2D eigenvalue weighted by Crippen LogP contribution is -2.66. The fourth-order valence-corrected chi connectivity index (χ4v) is 26.6. The van der Waals surface area contributed by atoms with E-state index in [4.69, 9.17) is 34.3 Å². The zero-order valence-corrected chi connectivity index (χ0v) is 69.3. The third-order valence-electron chi connectivity index (χ3n) is 27.3. The normalized spacial score (nSPS) is 20.2. The molecule has 0 aliphatic carbocycles. The molecule has 14 aromatic carbocycles. The van der Waals surface area contributed by atoms with E-state index in [9.17, 15) is 0 Å². The molecule has 31 rings (SSSR count). The molecule has 0 radical (unpaired) electrons. The predicted molar refractivity (Wildman–Crippen MR) is 500 cm³/mol. The number of nitrogens with zero attached hydrogens (tertiary/aromatic N) is 11. The SMILES string of the molecule is c1ccc(-c2ccc(C3=NN4c5cccc6c5C5(c7c(ccc8c9ccccc9n(c78)-c7cccc[n+]75)O6)C4S3)cc2)cc1.c1ccc(-c2ccc(C3=NN4c5cccc6c5C5(c7c(cccc7-n7c8ccccc8c8ccc[n+]5c87)O6)C4S3)cc2)cc1.c1ccc(-c2ccc(C3=NN4c5cccc6c5C5(c7c(cccc7Oc7cccc[n+]75)O6)C4S3)cc2)cc1. The zero-order chi connectivity index (χ0) is 82.0. The highest BCUT2D eigenvalue weighted by Gasteiger charge is 2.72. The number of thioether (sulfide) groups is 3. The van der Waals surface area contributed by atoms with Gasteiger partial charge in [0.2, 0.25) is 11.1 Å². The number of aromatic nitrogens is 5. The number of anilines is 3. The average molecular weight is 1680 g/mol. The standard InChI is InChI=1S/2C38H23N4OS.C32H20N3O2S/c1-2-9-23(10-3-1)24-18-20-25(21-19-24)35-39-42-30-15-7-17-32-34(30)38(37(42)44-35)33-29(14-6-16-31(33)43-32)41-28-13-5-4-11-26(28)27-12-8-22-40(38)36(27)41;1-2-9-23(10-3-1)24-16-18-25(19-17-24)36-39-42-29-13-8-14-30-33(29)38(37(42)44-36)34-31(43-30)21-20-27-26-11-4-5-12-28(26)41(35(27)34)32-15-6-7-22-40(32)38;1-2-8-20(9-3-1)21-15-17-22(18-16-21)30-33-35-23-10-6-11-24-28(23)32(31(35)38-30)29-25(36-24)12-7-13-26(29)37-27-14-4-5-19-34(27)32/h2*1-22,37H;1-19,31H/q3*+1.